The molecular formula is C13H17N3O2S. The van der Waals surface area contributed by atoms with Gasteiger partial charge < -0.3 is 5.73 Å². The fourth-order valence-electron chi connectivity index (χ4n) is 1.84. The number of rotatable bonds is 6. The highest BCUT2D eigenvalue weighted by Crippen LogP contribution is 2.15. The summed E-state index contributed by atoms with van der Waals surface area (Å²) in [6.07, 6.45) is 2.16. The predicted molar refractivity (Wildman–Crippen MR) is 76.0 cm³/mol. The van der Waals surface area contributed by atoms with Gasteiger partial charge in [-0.2, -0.15) is 0 Å². The lowest BCUT2D eigenvalue weighted by Gasteiger charge is -2.08. The number of aromatic nitrogens is 1. The fraction of sp³-hybridized carbons (Fsp3) is 0.308. The molecule has 0 aliphatic heterocycles. The number of nitrogens with zero attached hydrogens (tertiary/aromatic N) is 1. The van der Waals surface area contributed by atoms with Crippen LogP contribution in [0.1, 0.15) is 12.0 Å². The first kappa shape index (κ1) is 13.9. The first-order chi connectivity index (χ1) is 9.12. The first-order valence-corrected chi connectivity index (χ1v) is 7.77. The molecule has 0 aliphatic carbocycles. The maximum atomic E-state index is 11.7. The van der Waals surface area contributed by atoms with Gasteiger partial charge in [-0.15, -0.1) is 0 Å². The largest absolute Gasteiger partial charge is 0.330 e. The molecule has 0 bridgehead atoms. The average Bonchev–Trinajstić information content (AvgIpc) is 2.43. The van der Waals surface area contributed by atoms with Crippen molar-refractivity contribution in [3.8, 4) is 0 Å². The van der Waals surface area contributed by atoms with Crippen molar-refractivity contribution in [1.29, 1.82) is 0 Å². The van der Waals surface area contributed by atoms with Crippen molar-refractivity contribution in [2.75, 3.05) is 12.3 Å². The van der Waals surface area contributed by atoms with Crippen LogP contribution in [0.15, 0.2) is 36.5 Å². The second-order valence-corrected chi connectivity index (χ2v) is 6.20. The number of sulfonamides is 1. The highest BCUT2D eigenvalue weighted by molar-refractivity contribution is 7.89. The molecule has 2 aromatic rings. The Morgan fingerprint density at radius 3 is 2.79 bits per heavy atom. The highest BCUT2D eigenvalue weighted by Gasteiger charge is 2.10. The van der Waals surface area contributed by atoms with E-state index in [4.69, 9.17) is 5.73 Å². The topological polar surface area (TPSA) is 85.1 Å². The van der Waals surface area contributed by atoms with Gasteiger partial charge >= 0.3 is 0 Å². The zero-order valence-electron chi connectivity index (χ0n) is 10.5. The van der Waals surface area contributed by atoms with Crippen LogP contribution in [0.3, 0.4) is 0 Å². The summed E-state index contributed by atoms with van der Waals surface area (Å²) in [7, 11) is -3.27. The Labute approximate surface area is 112 Å². The predicted octanol–water partition coefficient (Wildman–Crippen LogP) is 1.00. The van der Waals surface area contributed by atoms with Gasteiger partial charge in [0.25, 0.3) is 0 Å². The Hall–Kier alpha value is -1.50. The second-order valence-electron chi connectivity index (χ2n) is 4.27. The molecule has 1 heterocycles. The molecule has 0 fully saturated rings. The van der Waals surface area contributed by atoms with Crippen LogP contribution in [0.4, 0.5) is 0 Å². The van der Waals surface area contributed by atoms with Crippen LogP contribution >= 0.6 is 0 Å². The van der Waals surface area contributed by atoms with Crippen LogP contribution in [0.5, 0.6) is 0 Å². The van der Waals surface area contributed by atoms with Gasteiger partial charge in [0.05, 0.1) is 11.3 Å². The van der Waals surface area contributed by atoms with E-state index in [0.29, 0.717) is 13.0 Å². The van der Waals surface area contributed by atoms with Crippen LogP contribution < -0.4 is 10.5 Å². The summed E-state index contributed by atoms with van der Waals surface area (Å²) in [6.45, 7) is 0.623. The van der Waals surface area contributed by atoms with Gasteiger partial charge in [0.15, 0.2) is 0 Å². The third-order valence-electron chi connectivity index (χ3n) is 2.82. The van der Waals surface area contributed by atoms with Gasteiger partial charge in [0.1, 0.15) is 0 Å². The van der Waals surface area contributed by atoms with Crippen molar-refractivity contribution < 1.29 is 8.42 Å². The number of nitrogens with two attached hydrogens (primary N) is 1. The van der Waals surface area contributed by atoms with Crippen LogP contribution in [-0.4, -0.2) is 25.7 Å². The monoisotopic (exact) mass is 279 g/mol. The molecular weight excluding hydrogens is 262 g/mol. The Bertz CT molecular complexity index is 650. The Morgan fingerprint density at radius 2 is 2.00 bits per heavy atom. The van der Waals surface area contributed by atoms with Gasteiger partial charge in [0.2, 0.25) is 10.0 Å². The molecule has 0 radical (unpaired) electrons. The number of hydrogen-bond acceptors (Lipinski definition) is 4. The van der Waals surface area contributed by atoms with E-state index in [2.05, 4.69) is 9.71 Å². The lowest BCUT2D eigenvalue weighted by Crippen LogP contribution is -2.27. The zero-order valence-corrected chi connectivity index (χ0v) is 11.4. The van der Waals surface area contributed by atoms with E-state index >= 15 is 0 Å². The van der Waals surface area contributed by atoms with E-state index in [1.54, 1.807) is 6.20 Å². The lowest BCUT2D eigenvalue weighted by molar-refractivity contribution is 0.579. The molecule has 6 heteroatoms. The van der Waals surface area contributed by atoms with Crippen molar-refractivity contribution in [2.24, 2.45) is 5.73 Å². The molecule has 19 heavy (non-hydrogen) atoms. The molecule has 0 spiro atoms. The zero-order chi connectivity index (χ0) is 13.7. The van der Waals surface area contributed by atoms with Crippen LogP contribution in [0, 0.1) is 0 Å². The number of pyridine rings is 1. The van der Waals surface area contributed by atoms with Crippen molar-refractivity contribution in [1.82, 2.24) is 9.71 Å². The standard InChI is InChI=1S/C13H17N3O2S/c14-7-3-9-19(17,18)16-10-12-5-1-4-11-6-2-8-15-13(11)12/h1-2,4-6,8,16H,3,7,9-10,14H2. The average molecular weight is 279 g/mol. The summed E-state index contributed by atoms with van der Waals surface area (Å²) in [6, 6.07) is 9.54. The molecule has 0 saturated heterocycles. The van der Waals surface area contributed by atoms with E-state index in [1.807, 2.05) is 30.3 Å². The third-order valence-corrected chi connectivity index (χ3v) is 4.23. The normalized spacial score (nSPS) is 11.8. The van der Waals surface area contributed by atoms with E-state index in [-0.39, 0.29) is 12.3 Å². The summed E-state index contributed by atoms with van der Waals surface area (Å²) in [5, 5.41) is 1.00. The number of benzene rings is 1. The molecule has 0 saturated carbocycles. The van der Waals surface area contributed by atoms with Crippen LogP contribution in [0.25, 0.3) is 10.9 Å². The van der Waals surface area contributed by atoms with Crippen LogP contribution in [0.2, 0.25) is 0 Å². The second kappa shape index (κ2) is 6.10. The molecule has 5 nitrogen and oxygen atoms in total. The molecule has 102 valence electrons. The summed E-state index contributed by atoms with van der Waals surface area (Å²) in [4.78, 5) is 4.29. The van der Waals surface area contributed by atoms with Gasteiger partial charge in [-0.3, -0.25) is 4.98 Å². The first-order valence-electron chi connectivity index (χ1n) is 6.12. The minimum absolute atomic E-state index is 0.0572. The van der Waals surface area contributed by atoms with Gasteiger partial charge in [-0.05, 0) is 24.6 Å². The maximum Gasteiger partial charge on any atom is 0.211 e. The molecule has 0 aliphatic rings. The van der Waals surface area contributed by atoms with E-state index < -0.39 is 10.0 Å². The summed E-state index contributed by atoms with van der Waals surface area (Å²) in [5.74, 6) is 0.0572. The maximum absolute atomic E-state index is 11.7. The summed E-state index contributed by atoms with van der Waals surface area (Å²) < 4.78 is 26.0. The number of fused-ring (bicyclic) bond motifs is 1. The van der Waals surface area contributed by atoms with Crippen molar-refractivity contribution in [3.05, 3.63) is 42.1 Å². The molecule has 0 atom stereocenters. The molecule has 1 aromatic carbocycles. The minimum atomic E-state index is -3.27. The van der Waals surface area contributed by atoms with Crippen molar-refractivity contribution >= 4 is 20.9 Å². The summed E-state index contributed by atoms with van der Waals surface area (Å²) in [5.41, 5.74) is 7.01. The van der Waals surface area contributed by atoms with Gasteiger partial charge in [-0.1, -0.05) is 24.3 Å². The van der Waals surface area contributed by atoms with E-state index in [0.717, 1.165) is 16.5 Å². The van der Waals surface area contributed by atoms with Gasteiger partial charge in [0, 0.05) is 18.1 Å². The third kappa shape index (κ3) is 3.73. The lowest BCUT2D eigenvalue weighted by atomic mass is 10.1. The smallest absolute Gasteiger partial charge is 0.211 e. The van der Waals surface area contributed by atoms with Crippen molar-refractivity contribution in [2.45, 2.75) is 13.0 Å². The number of nitrogens with one attached hydrogen (secondary N) is 1. The highest BCUT2D eigenvalue weighted by atomic mass is 32.2. The van der Waals surface area contributed by atoms with E-state index in [1.165, 1.54) is 0 Å². The molecule has 3 N–H and O–H groups in total. The van der Waals surface area contributed by atoms with E-state index in [9.17, 15) is 8.42 Å². The van der Waals surface area contributed by atoms with Gasteiger partial charge in [-0.25, -0.2) is 13.1 Å². The molecule has 2 rings (SSSR count). The Kier molecular flexibility index (Phi) is 4.47. The molecule has 1 aromatic heterocycles. The molecule has 0 amide bonds. The van der Waals surface area contributed by atoms with Crippen LogP contribution in [-0.2, 0) is 16.6 Å². The minimum Gasteiger partial charge on any atom is -0.330 e. The Balaban J connectivity index is 2.14. The quantitative estimate of drug-likeness (QED) is 0.826. The summed E-state index contributed by atoms with van der Waals surface area (Å²) >= 11 is 0. The van der Waals surface area contributed by atoms with Crippen molar-refractivity contribution in [3.63, 3.8) is 0 Å². The molecule has 0 unspecified atom stereocenters. The SMILES string of the molecule is NCCCS(=O)(=O)NCc1cccc2cccnc12. The fourth-order valence-corrected chi connectivity index (χ4v) is 2.91. The number of hydrogen-bond donors (Lipinski definition) is 2. The number of para-hydroxylation sites is 1. The Morgan fingerprint density at radius 1 is 1.21 bits per heavy atom.